The Hall–Kier alpha value is -4.07. The number of carboxylic acid groups (broad SMARTS) is 1. The van der Waals surface area contributed by atoms with Crippen molar-refractivity contribution in [3.05, 3.63) is 12.1 Å². The molecule has 2 aromatic rings. The number of aliphatic carboxylic acids is 1. The van der Waals surface area contributed by atoms with E-state index in [1.807, 2.05) is 6.07 Å². The van der Waals surface area contributed by atoms with Crippen molar-refractivity contribution >= 4 is 40.8 Å². The van der Waals surface area contributed by atoms with Gasteiger partial charge in [-0.3, -0.25) is 19.3 Å². The predicted octanol–water partition coefficient (Wildman–Crippen LogP) is -1.07. The number of hydrogen-bond acceptors (Lipinski definition) is 9. The molecule has 14 nitrogen and oxygen atoms in total. The zero-order chi connectivity index (χ0) is 23.5. The fourth-order valence-electron chi connectivity index (χ4n) is 3.43. The van der Waals surface area contributed by atoms with Crippen molar-refractivity contribution in [1.29, 1.82) is 0 Å². The van der Waals surface area contributed by atoms with Gasteiger partial charge in [-0.25, -0.2) is 9.78 Å². The molecule has 2 aliphatic rings. The summed E-state index contributed by atoms with van der Waals surface area (Å²) in [5.41, 5.74) is 6.82. The molecule has 1 saturated heterocycles. The number of aromatic nitrogens is 2. The SMILES string of the molecule is N[C@@H](CNC(=O)CN1C(=O)N[C@@H](CCCNc2nc3cc4c(cc3[nH]2)OCO4)C1=O)C(=O)O. The van der Waals surface area contributed by atoms with Crippen LogP contribution < -0.4 is 31.2 Å². The second kappa shape index (κ2) is 9.20. The quantitative estimate of drug-likeness (QED) is 0.187. The highest BCUT2D eigenvalue weighted by Crippen LogP contribution is 2.35. The Morgan fingerprint density at radius 1 is 1.30 bits per heavy atom. The van der Waals surface area contributed by atoms with Crippen LogP contribution in [0.5, 0.6) is 11.5 Å². The van der Waals surface area contributed by atoms with E-state index in [9.17, 15) is 19.2 Å². The lowest BCUT2D eigenvalue weighted by Gasteiger charge is -2.14. The summed E-state index contributed by atoms with van der Waals surface area (Å²) < 4.78 is 10.7. The minimum absolute atomic E-state index is 0.185. The predicted molar refractivity (Wildman–Crippen MR) is 113 cm³/mol. The van der Waals surface area contributed by atoms with E-state index < -0.39 is 42.4 Å². The van der Waals surface area contributed by atoms with Gasteiger partial charge in [-0.2, -0.15) is 0 Å². The van der Waals surface area contributed by atoms with Crippen LogP contribution in [0.15, 0.2) is 12.1 Å². The molecule has 1 aromatic heterocycles. The Morgan fingerprint density at radius 2 is 2.06 bits per heavy atom. The van der Waals surface area contributed by atoms with Crippen LogP contribution >= 0.6 is 0 Å². The van der Waals surface area contributed by atoms with E-state index in [2.05, 4.69) is 25.9 Å². The smallest absolute Gasteiger partial charge is 0.325 e. The Bertz CT molecular complexity index is 1060. The third-order valence-electron chi connectivity index (χ3n) is 5.18. The number of benzene rings is 1. The summed E-state index contributed by atoms with van der Waals surface area (Å²) >= 11 is 0. The van der Waals surface area contributed by atoms with E-state index in [4.69, 9.17) is 20.3 Å². The first kappa shape index (κ1) is 22.1. The lowest BCUT2D eigenvalue weighted by molar-refractivity contribution is -0.138. The van der Waals surface area contributed by atoms with Gasteiger partial charge in [-0.1, -0.05) is 0 Å². The van der Waals surface area contributed by atoms with E-state index in [0.29, 0.717) is 36.8 Å². The van der Waals surface area contributed by atoms with Crippen molar-refractivity contribution < 1.29 is 33.8 Å². The fraction of sp³-hybridized carbons (Fsp3) is 0.421. The summed E-state index contributed by atoms with van der Waals surface area (Å²) in [4.78, 5) is 55.5. The number of amides is 4. The highest BCUT2D eigenvalue weighted by Gasteiger charge is 2.38. The van der Waals surface area contributed by atoms with Crippen LogP contribution in [0.4, 0.5) is 10.7 Å². The molecular formula is C19H23N7O7. The topological polar surface area (TPSA) is 201 Å². The van der Waals surface area contributed by atoms with E-state index in [0.717, 1.165) is 15.9 Å². The van der Waals surface area contributed by atoms with E-state index in [-0.39, 0.29) is 13.3 Å². The maximum Gasteiger partial charge on any atom is 0.325 e. The number of nitrogens with one attached hydrogen (secondary N) is 4. The van der Waals surface area contributed by atoms with Gasteiger partial charge in [0, 0.05) is 25.2 Å². The third kappa shape index (κ3) is 4.90. The van der Waals surface area contributed by atoms with Gasteiger partial charge in [-0.05, 0) is 12.8 Å². The number of fused-ring (bicyclic) bond motifs is 2. The summed E-state index contributed by atoms with van der Waals surface area (Å²) in [6.07, 6.45) is 0.903. The molecule has 4 rings (SSSR count). The van der Waals surface area contributed by atoms with Crippen molar-refractivity contribution in [2.45, 2.75) is 24.9 Å². The largest absolute Gasteiger partial charge is 0.480 e. The number of rotatable bonds is 10. The summed E-state index contributed by atoms with van der Waals surface area (Å²) in [6.45, 7) is -0.149. The zero-order valence-electron chi connectivity index (χ0n) is 17.4. The molecular weight excluding hydrogens is 438 g/mol. The zero-order valence-corrected chi connectivity index (χ0v) is 17.4. The first-order valence-electron chi connectivity index (χ1n) is 10.2. The molecule has 1 fully saturated rings. The Morgan fingerprint density at radius 3 is 2.82 bits per heavy atom. The summed E-state index contributed by atoms with van der Waals surface area (Å²) in [7, 11) is 0. The number of imidazole rings is 1. The maximum atomic E-state index is 12.5. The Balaban J connectivity index is 1.22. The molecule has 1 aromatic carbocycles. The molecule has 0 saturated carbocycles. The number of carbonyl (C=O) groups is 4. The van der Waals surface area contributed by atoms with Gasteiger partial charge in [0.2, 0.25) is 18.6 Å². The third-order valence-corrected chi connectivity index (χ3v) is 5.18. The molecule has 0 aliphatic carbocycles. The highest BCUT2D eigenvalue weighted by atomic mass is 16.7. The lowest BCUT2D eigenvalue weighted by Crippen LogP contribution is -2.46. The maximum absolute atomic E-state index is 12.5. The van der Waals surface area contributed by atoms with Crippen molar-refractivity contribution in [2.24, 2.45) is 5.73 Å². The van der Waals surface area contributed by atoms with Gasteiger partial charge in [0.05, 0.1) is 11.0 Å². The number of hydrogen-bond donors (Lipinski definition) is 6. The number of anilines is 1. The first-order chi connectivity index (χ1) is 15.8. The number of urea groups is 1. The normalized spacial score (nSPS) is 17.8. The van der Waals surface area contributed by atoms with Crippen molar-refractivity contribution in [1.82, 2.24) is 25.5 Å². The number of carbonyl (C=O) groups excluding carboxylic acids is 3. The van der Waals surface area contributed by atoms with E-state index in [1.165, 1.54) is 0 Å². The van der Waals surface area contributed by atoms with Crippen molar-refractivity contribution in [2.75, 3.05) is 31.7 Å². The number of nitrogens with two attached hydrogens (primary N) is 1. The highest BCUT2D eigenvalue weighted by molar-refractivity contribution is 6.06. The molecule has 0 radical (unpaired) electrons. The van der Waals surface area contributed by atoms with Crippen molar-refractivity contribution in [3.63, 3.8) is 0 Å². The Labute approximate surface area is 186 Å². The van der Waals surface area contributed by atoms with Gasteiger partial charge < -0.3 is 41.2 Å². The molecule has 0 spiro atoms. The fourth-order valence-corrected chi connectivity index (χ4v) is 3.43. The van der Waals surface area contributed by atoms with Crippen LogP contribution in [0.3, 0.4) is 0 Å². The van der Waals surface area contributed by atoms with E-state index in [1.54, 1.807) is 6.07 Å². The molecule has 4 amide bonds. The molecule has 0 bridgehead atoms. The molecule has 0 unspecified atom stereocenters. The second-order valence-electron chi connectivity index (χ2n) is 7.55. The van der Waals surface area contributed by atoms with Crippen molar-refractivity contribution in [3.8, 4) is 11.5 Å². The van der Waals surface area contributed by atoms with Crippen LogP contribution in [0.25, 0.3) is 11.0 Å². The average Bonchev–Trinajstić information content (AvgIpc) is 3.46. The van der Waals surface area contributed by atoms with Gasteiger partial charge in [-0.15, -0.1) is 0 Å². The number of ether oxygens (including phenoxy) is 2. The molecule has 33 heavy (non-hydrogen) atoms. The number of nitrogens with zero attached hydrogens (tertiary/aromatic N) is 2. The summed E-state index contributed by atoms with van der Waals surface area (Å²) in [6, 6.07) is 0.896. The number of H-pyrrole nitrogens is 1. The molecule has 2 aliphatic heterocycles. The molecule has 2 atom stereocenters. The second-order valence-corrected chi connectivity index (χ2v) is 7.55. The molecule has 7 N–H and O–H groups in total. The molecule has 176 valence electrons. The number of imide groups is 1. The number of aromatic amines is 1. The summed E-state index contributed by atoms with van der Waals surface area (Å²) in [5, 5.41) is 16.7. The van der Waals surface area contributed by atoms with Crippen LogP contribution in [0.1, 0.15) is 12.8 Å². The monoisotopic (exact) mass is 461 g/mol. The van der Waals surface area contributed by atoms with Gasteiger partial charge in [0.15, 0.2) is 11.5 Å². The van der Waals surface area contributed by atoms with Gasteiger partial charge in [0.1, 0.15) is 18.6 Å². The minimum Gasteiger partial charge on any atom is -0.480 e. The Kier molecular flexibility index (Phi) is 6.17. The lowest BCUT2D eigenvalue weighted by atomic mass is 10.1. The average molecular weight is 461 g/mol. The van der Waals surface area contributed by atoms with Crippen LogP contribution in [-0.2, 0) is 14.4 Å². The summed E-state index contributed by atoms with van der Waals surface area (Å²) in [5.74, 6) is -0.628. The van der Waals surface area contributed by atoms with E-state index >= 15 is 0 Å². The molecule has 3 heterocycles. The van der Waals surface area contributed by atoms with Crippen LogP contribution in [-0.4, -0.2) is 82.3 Å². The molecule has 14 heteroatoms. The van der Waals surface area contributed by atoms with Gasteiger partial charge in [0.25, 0.3) is 5.91 Å². The minimum atomic E-state index is -1.27. The number of carboxylic acids is 1. The van der Waals surface area contributed by atoms with Gasteiger partial charge >= 0.3 is 12.0 Å². The first-order valence-corrected chi connectivity index (χ1v) is 10.2. The van der Waals surface area contributed by atoms with Crippen LogP contribution in [0, 0.1) is 0 Å². The standard InChI is InChI=1S/C19H23N7O7/c20-9(17(29)30)6-22-15(27)7-26-16(28)10(25-19(26)31)2-1-3-21-18-23-11-4-13-14(33-8-32-13)5-12(11)24-18/h4-5,9-10H,1-3,6-8,20H2,(H,22,27)(H,25,31)(H,29,30)(H2,21,23,24)/t9-,10-/m0/s1. The van der Waals surface area contributed by atoms with Crippen LogP contribution in [0.2, 0.25) is 0 Å².